The molecular formula is C21H17Fe2MnO8+. The molecule has 1 radical (unpaired) electrons. The Morgan fingerprint density at radius 3 is 0.812 bits per heavy atom. The summed E-state index contributed by atoms with van der Waals surface area (Å²) >= 11 is 0. The second-order valence-electron chi connectivity index (χ2n) is 3.35. The second-order valence-corrected chi connectivity index (χ2v) is 3.35. The molecule has 0 N–H and O–H groups in total. The van der Waals surface area contributed by atoms with Crippen LogP contribution in [-0.2, 0) is 88.4 Å². The number of benzene rings is 1. The maximum absolute atomic E-state index is 7.50. The minimum absolute atomic E-state index is 0. The summed E-state index contributed by atoms with van der Waals surface area (Å²) in [5.74, 6) is 0. The van der Waals surface area contributed by atoms with Crippen LogP contribution in [-0.4, -0.2) is 0 Å². The monoisotopic (exact) mass is 564 g/mol. The molecule has 2 rings (SSSR count). The maximum atomic E-state index is 7.50. The van der Waals surface area contributed by atoms with Crippen molar-refractivity contribution in [2.24, 2.45) is 0 Å². The van der Waals surface area contributed by atoms with Crippen LogP contribution in [0.3, 0.4) is 0 Å². The van der Waals surface area contributed by atoms with E-state index in [0.717, 1.165) is 5.56 Å². The average Bonchev–Trinajstić information content (AvgIpc) is 3.50. The van der Waals surface area contributed by atoms with Crippen LogP contribution in [0.15, 0.2) is 30.3 Å². The van der Waals surface area contributed by atoms with E-state index in [2.05, 4.69) is 53.2 Å². The predicted molar refractivity (Wildman–Crippen MR) is 89.7 cm³/mol. The Morgan fingerprint density at radius 1 is 0.500 bits per heavy atom. The van der Waals surface area contributed by atoms with Crippen LogP contribution in [0.1, 0.15) is 37.7 Å². The van der Waals surface area contributed by atoms with E-state index in [1.54, 1.807) is 6.08 Å². The minimum atomic E-state index is 0. The van der Waals surface area contributed by atoms with Crippen LogP contribution in [0.2, 0.25) is 0 Å². The molecule has 171 valence electrons. The van der Waals surface area contributed by atoms with Gasteiger partial charge >= 0.3 is 107 Å². The fourth-order valence-electron chi connectivity index (χ4n) is 1.45. The van der Waals surface area contributed by atoms with Gasteiger partial charge in [-0.3, -0.25) is 6.58 Å². The van der Waals surface area contributed by atoms with Crippen LogP contribution in [0.5, 0.6) is 0 Å². The van der Waals surface area contributed by atoms with E-state index in [9.17, 15) is 0 Å². The van der Waals surface area contributed by atoms with Crippen molar-refractivity contribution < 1.29 is 88.4 Å². The maximum Gasteiger partial charge on any atom is 2.00 e. The summed E-state index contributed by atoms with van der Waals surface area (Å²) in [7, 11) is 0. The summed E-state index contributed by atoms with van der Waals surface area (Å²) in [4.78, 5) is 0. The molecule has 1 aromatic rings. The van der Waals surface area contributed by atoms with Gasteiger partial charge in [-0.05, 0) is 0 Å². The molecule has 1 saturated carbocycles. The van der Waals surface area contributed by atoms with E-state index in [1.165, 1.54) is 32.1 Å². The van der Waals surface area contributed by atoms with Gasteiger partial charge < -0.3 is 0 Å². The molecular weight excluding hydrogens is 547 g/mol. The van der Waals surface area contributed by atoms with E-state index >= 15 is 0 Å². The smallest absolute Gasteiger partial charge is 0.292 e. The summed E-state index contributed by atoms with van der Waals surface area (Å²) in [5.41, 5.74) is 1.06. The Morgan fingerprint density at radius 2 is 0.688 bits per heavy atom. The first-order chi connectivity index (χ1) is 14.4. The fourth-order valence-corrected chi connectivity index (χ4v) is 1.45. The van der Waals surface area contributed by atoms with Gasteiger partial charge in [-0.25, -0.2) is 6.08 Å². The summed E-state index contributed by atoms with van der Waals surface area (Å²) in [6, 6.07) is 9.80. The van der Waals surface area contributed by atoms with Crippen molar-refractivity contribution in [3.8, 4) is 0 Å². The van der Waals surface area contributed by atoms with E-state index in [4.69, 9.17) is 43.8 Å². The van der Waals surface area contributed by atoms with Crippen molar-refractivity contribution in [2.45, 2.75) is 32.1 Å². The molecule has 11 heteroatoms. The largest absolute Gasteiger partial charge is 2.00 e. The third-order valence-electron chi connectivity index (χ3n) is 2.24. The molecule has 1 aromatic carbocycles. The van der Waals surface area contributed by atoms with Crippen molar-refractivity contribution in [3.05, 3.63) is 95.7 Å². The first-order valence-corrected chi connectivity index (χ1v) is 6.67. The SMILES string of the molecule is C1CCCC1.[C-]#[O+].[C-]#[O+].[C-]#[O+].[C-]#[O+].[C-]#[O+].[C-]#[O+].[C-]#[O+].[C-]#[O+].[CH-]=Cc1ccccc1.[Fe].[Fe].[Mn+2]. The molecule has 1 aliphatic rings. The fraction of sp³-hybridized carbons (Fsp3) is 0.238. The normalized spacial score (nSPS) is 6.38. The van der Waals surface area contributed by atoms with E-state index in [0.29, 0.717) is 0 Å². The Labute approximate surface area is 221 Å². The molecule has 1 fully saturated rings. The third-order valence-corrected chi connectivity index (χ3v) is 2.24. The molecule has 0 heterocycles. The Balaban J connectivity index is -0.0000000183. The zero-order valence-corrected chi connectivity index (χ0v) is 19.8. The van der Waals surface area contributed by atoms with Crippen LogP contribution < -0.4 is 0 Å². The van der Waals surface area contributed by atoms with Gasteiger partial charge in [0.15, 0.2) is 0 Å². The molecule has 0 saturated heterocycles. The molecule has 1 aliphatic carbocycles. The van der Waals surface area contributed by atoms with Crippen LogP contribution in [0.4, 0.5) is 0 Å². The van der Waals surface area contributed by atoms with Crippen molar-refractivity contribution in [1.29, 1.82) is 0 Å². The number of hydrogen-bond donors (Lipinski definition) is 0. The van der Waals surface area contributed by atoms with E-state index < -0.39 is 0 Å². The molecule has 0 aromatic heterocycles. The summed E-state index contributed by atoms with van der Waals surface area (Å²) in [5, 5.41) is 0. The molecule has 0 atom stereocenters. The summed E-state index contributed by atoms with van der Waals surface area (Å²) in [6.45, 7) is 41.2. The zero-order valence-electron chi connectivity index (χ0n) is 16.4. The van der Waals surface area contributed by atoms with Gasteiger partial charge in [0.2, 0.25) is 0 Å². The van der Waals surface area contributed by atoms with Gasteiger partial charge in [-0.2, -0.15) is 5.56 Å². The van der Waals surface area contributed by atoms with Crippen molar-refractivity contribution in [1.82, 2.24) is 0 Å². The minimum Gasteiger partial charge on any atom is -0.292 e. The van der Waals surface area contributed by atoms with E-state index in [1.807, 2.05) is 30.3 Å². The second kappa shape index (κ2) is 154. The quantitative estimate of drug-likeness (QED) is 0.277. The molecule has 0 spiro atoms. The molecule has 0 aliphatic heterocycles. The molecule has 0 unspecified atom stereocenters. The topological polar surface area (TPSA) is 159 Å². The summed E-state index contributed by atoms with van der Waals surface area (Å²) < 4.78 is 60.0. The first-order valence-electron chi connectivity index (χ1n) is 6.67. The summed E-state index contributed by atoms with van der Waals surface area (Å²) in [6.07, 6.45) is 9.08. The Bertz CT molecular complexity index is 465. The van der Waals surface area contributed by atoms with Crippen LogP contribution in [0.25, 0.3) is 6.08 Å². The van der Waals surface area contributed by atoms with Gasteiger partial charge in [0, 0.05) is 34.1 Å². The van der Waals surface area contributed by atoms with Crippen LogP contribution in [0, 0.1) is 59.8 Å². The van der Waals surface area contributed by atoms with Gasteiger partial charge in [0.05, 0.1) is 0 Å². The van der Waals surface area contributed by atoms with Gasteiger partial charge in [0.25, 0.3) is 0 Å². The number of hydrogen-bond acceptors (Lipinski definition) is 0. The third kappa shape index (κ3) is 119. The van der Waals surface area contributed by atoms with Gasteiger partial charge in [0.1, 0.15) is 0 Å². The molecule has 0 bridgehead atoms. The van der Waals surface area contributed by atoms with Gasteiger partial charge in [-0.1, -0.05) is 50.3 Å². The van der Waals surface area contributed by atoms with E-state index in [-0.39, 0.29) is 51.2 Å². The Kier molecular flexibility index (Phi) is 336. The molecule has 8 nitrogen and oxygen atoms in total. The average molecular weight is 564 g/mol. The van der Waals surface area contributed by atoms with Crippen LogP contribution >= 0.6 is 0 Å². The Hall–Kier alpha value is -1.56. The zero-order chi connectivity index (χ0) is 25.4. The predicted octanol–water partition coefficient (Wildman–Crippen LogP) is 3.78. The standard InChI is InChI=1S/C8H7.C5H10.8CO.2Fe.Mn/c1-2-8-6-4-3-5-7-8;1-2-4-5-3-1;8*1-2;;;/h1-7H;1-5H2;;;;;;;;;;;/q-1;;;;;;;;;;;;+2. The number of rotatable bonds is 1. The molecule has 0 amide bonds. The molecule has 32 heavy (non-hydrogen) atoms. The van der Waals surface area contributed by atoms with Crippen molar-refractivity contribution >= 4 is 6.08 Å². The van der Waals surface area contributed by atoms with Gasteiger partial charge in [-0.15, -0.1) is 12.1 Å². The van der Waals surface area contributed by atoms with Crippen molar-refractivity contribution in [2.75, 3.05) is 0 Å². The first kappa shape index (κ1) is 69.8. The van der Waals surface area contributed by atoms with Crippen molar-refractivity contribution in [3.63, 3.8) is 0 Å².